The molecule has 1 unspecified atom stereocenters. The van der Waals surface area contributed by atoms with Gasteiger partial charge in [0, 0.05) is 5.56 Å². The fourth-order valence-electron chi connectivity index (χ4n) is 3.96. The average molecular weight is 399 g/mol. The van der Waals surface area contributed by atoms with Gasteiger partial charge in [-0.15, -0.1) is 0 Å². The van der Waals surface area contributed by atoms with Gasteiger partial charge < -0.3 is 4.74 Å². The van der Waals surface area contributed by atoms with Crippen LogP contribution < -0.4 is 0 Å². The molecule has 5 heteroatoms. The van der Waals surface area contributed by atoms with E-state index < -0.39 is 0 Å². The Hall–Kier alpha value is -2.43. The molecule has 1 atom stereocenters. The first kappa shape index (κ1) is 22.9. The number of hydrogen-bond acceptors (Lipinski definition) is 4. The Balaban J connectivity index is 0.000000449. The number of benzene rings is 1. The number of nitrogens with zero attached hydrogens (tertiary/aromatic N) is 2. The Morgan fingerprint density at radius 2 is 1.86 bits per heavy atom. The number of carbonyl (C=O) groups is 2. The smallest absolute Gasteiger partial charge is 0.292 e. The van der Waals surface area contributed by atoms with Gasteiger partial charge in [0.15, 0.2) is 0 Å². The first-order valence-corrected chi connectivity index (χ1v) is 10.7. The van der Waals surface area contributed by atoms with Crippen LogP contribution in [0.2, 0.25) is 0 Å². The number of carbonyl (C=O) groups excluding carboxylic acids is 2. The van der Waals surface area contributed by atoms with Crippen LogP contribution in [-0.2, 0) is 22.4 Å². The molecule has 0 saturated heterocycles. The number of methoxy groups -OCH3 is 1. The van der Waals surface area contributed by atoms with E-state index in [1.54, 1.807) is 4.68 Å². The van der Waals surface area contributed by atoms with Gasteiger partial charge in [0.05, 0.1) is 18.5 Å². The number of ether oxygens (including phenoxy) is 1. The molecule has 0 N–H and O–H groups in total. The summed E-state index contributed by atoms with van der Waals surface area (Å²) in [4.78, 5) is 22.3. The number of fused-ring (bicyclic) bond motifs is 1. The van der Waals surface area contributed by atoms with E-state index in [9.17, 15) is 4.79 Å². The molecule has 1 heterocycles. The summed E-state index contributed by atoms with van der Waals surface area (Å²) in [6.07, 6.45) is 5.63. The highest BCUT2D eigenvalue weighted by molar-refractivity contribution is 5.99. The maximum absolute atomic E-state index is 13.3. The SMILES string of the molecule is CC.COC=O.Cc1cccc(C2CC2)c1C(=O)n1nc(C)c2c1CC(C)CC2. The fourth-order valence-corrected chi connectivity index (χ4v) is 3.96. The average Bonchev–Trinajstić information content (AvgIpc) is 3.53. The van der Waals surface area contributed by atoms with Gasteiger partial charge >= 0.3 is 0 Å². The van der Waals surface area contributed by atoms with Crippen molar-refractivity contribution >= 4 is 12.4 Å². The summed E-state index contributed by atoms with van der Waals surface area (Å²) < 4.78 is 5.58. The van der Waals surface area contributed by atoms with Crippen LogP contribution in [0.25, 0.3) is 0 Å². The molecule has 1 saturated carbocycles. The summed E-state index contributed by atoms with van der Waals surface area (Å²) >= 11 is 0. The third-order valence-electron chi connectivity index (χ3n) is 5.54. The van der Waals surface area contributed by atoms with E-state index in [0.29, 0.717) is 18.3 Å². The quantitative estimate of drug-likeness (QED) is 0.682. The predicted molar refractivity (Wildman–Crippen MR) is 115 cm³/mol. The van der Waals surface area contributed by atoms with Gasteiger partial charge in [-0.25, -0.2) is 4.68 Å². The Labute approximate surface area is 174 Å². The zero-order valence-electron chi connectivity index (χ0n) is 18.6. The minimum Gasteiger partial charge on any atom is -0.471 e. The maximum atomic E-state index is 13.3. The standard InChI is InChI=1S/C20H24N2O.C2H4O2.C2H6/c1-12-7-10-16-14(3)21-22(18(16)11-12)20(23)19-13(2)5-4-6-17(19)15-8-9-15;1-4-2-3;1-2/h4-6,12,15H,7-11H2,1-3H3;2H,1H3;1-2H3. The molecule has 1 fully saturated rings. The Morgan fingerprint density at radius 3 is 2.45 bits per heavy atom. The lowest BCUT2D eigenvalue weighted by molar-refractivity contribution is -0.126. The Kier molecular flexibility index (Phi) is 8.18. The minimum absolute atomic E-state index is 0.0726. The van der Waals surface area contributed by atoms with Crippen molar-refractivity contribution in [2.75, 3.05) is 7.11 Å². The van der Waals surface area contributed by atoms with Gasteiger partial charge in [-0.1, -0.05) is 39.0 Å². The molecule has 0 bridgehead atoms. The lowest BCUT2D eigenvalue weighted by Gasteiger charge is -2.20. The van der Waals surface area contributed by atoms with Crippen LogP contribution in [0.3, 0.4) is 0 Å². The van der Waals surface area contributed by atoms with E-state index in [0.717, 1.165) is 35.4 Å². The van der Waals surface area contributed by atoms with Crippen molar-refractivity contribution in [3.8, 4) is 0 Å². The number of rotatable bonds is 3. The second-order valence-electron chi connectivity index (χ2n) is 7.72. The van der Waals surface area contributed by atoms with Crippen molar-refractivity contribution in [2.45, 2.75) is 72.6 Å². The van der Waals surface area contributed by atoms with Gasteiger partial charge in [-0.3, -0.25) is 9.59 Å². The normalized spacial score (nSPS) is 17.1. The van der Waals surface area contributed by atoms with Crippen molar-refractivity contribution in [3.63, 3.8) is 0 Å². The van der Waals surface area contributed by atoms with E-state index in [1.165, 1.54) is 37.5 Å². The Bertz CT molecular complexity index is 850. The molecule has 1 aromatic heterocycles. The molecular formula is C24H34N2O3. The molecule has 5 nitrogen and oxygen atoms in total. The topological polar surface area (TPSA) is 61.2 Å². The molecule has 2 aromatic rings. The van der Waals surface area contributed by atoms with Gasteiger partial charge in [0.2, 0.25) is 0 Å². The van der Waals surface area contributed by atoms with Crippen molar-refractivity contribution in [1.82, 2.24) is 9.78 Å². The van der Waals surface area contributed by atoms with Crippen molar-refractivity contribution in [3.05, 3.63) is 51.8 Å². The molecule has 158 valence electrons. The van der Waals surface area contributed by atoms with E-state index in [4.69, 9.17) is 4.79 Å². The zero-order chi connectivity index (χ0) is 21.6. The first-order chi connectivity index (χ1) is 14.0. The van der Waals surface area contributed by atoms with Crippen molar-refractivity contribution in [1.29, 1.82) is 0 Å². The van der Waals surface area contributed by atoms with Crippen LogP contribution in [-0.4, -0.2) is 29.3 Å². The monoisotopic (exact) mass is 398 g/mol. The molecule has 2 aliphatic rings. The molecule has 4 rings (SSSR count). The van der Waals surface area contributed by atoms with Crippen LogP contribution in [0.4, 0.5) is 0 Å². The largest absolute Gasteiger partial charge is 0.471 e. The third-order valence-corrected chi connectivity index (χ3v) is 5.54. The van der Waals surface area contributed by atoms with Crippen LogP contribution >= 0.6 is 0 Å². The molecule has 2 aliphatic carbocycles. The van der Waals surface area contributed by atoms with E-state index >= 15 is 0 Å². The second kappa shape index (κ2) is 10.4. The zero-order valence-corrected chi connectivity index (χ0v) is 18.6. The van der Waals surface area contributed by atoms with Crippen molar-refractivity contribution in [2.24, 2.45) is 5.92 Å². The number of hydrogen-bond donors (Lipinski definition) is 0. The molecule has 0 spiro atoms. The fraction of sp³-hybridized carbons (Fsp3) is 0.542. The summed E-state index contributed by atoms with van der Waals surface area (Å²) in [6.45, 7) is 10.7. The molecule has 0 radical (unpaired) electrons. The highest BCUT2D eigenvalue weighted by atomic mass is 16.5. The van der Waals surface area contributed by atoms with Gasteiger partial charge in [0.25, 0.3) is 12.4 Å². The summed E-state index contributed by atoms with van der Waals surface area (Å²) in [5.74, 6) is 1.27. The summed E-state index contributed by atoms with van der Waals surface area (Å²) in [7, 11) is 1.31. The van der Waals surface area contributed by atoms with Crippen molar-refractivity contribution < 1.29 is 14.3 Å². The predicted octanol–water partition coefficient (Wildman–Crippen LogP) is 5.01. The van der Waals surface area contributed by atoms with Gasteiger partial charge in [-0.2, -0.15) is 5.10 Å². The molecule has 0 amide bonds. The molecule has 0 aliphatic heterocycles. The molecular weight excluding hydrogens is 364 g/mol. The summed E-state index contributed by atoms with van der Waals surface area (Å²) in [5.41, 5.74) is 6.67. The summed E-state index contributed by atoms with van der Waals surface area (Å²) in [6, 6.07) is 6.25. The van der Waals surface area contributed by atoms with Crippen LogP contribution in [0.5, 0.6) is 0 Å². The lowest BCUT2D eigenvalue weighted by atomic mass is 9.88. The van der Waals surface area contributed by atoms with E-state index in [-0.39, 0.29) is 5.91 Å². The maximum Gasteiger partial charge on any atom is 0.292 e. The number of aryl methyl sites for hydroxylation is 2. The van der Waals surface area contributed by atoms with Gasteiger partial charge in [0.1, 0.15) is 0 Å². The lowest BCUT2D eigenvalue weighted by Crippen LogP contribution is -2.22. The molecule has 29 heavy (non-hydrogen) atoms. The highest BCUT2D eigenvalue weighted by Crippen LogP contribution is 2.42. The highest BCUT2D eigenvalue weighted by Gasteiger charge is 2.31. The van der Waals surface area contributed by atoms with E-state index in [1.807, 2.05) is 33.8 Å². The van der Waals surface area contributed by atoms with E-state index in [2.05, 4.69) is 28.9 Å². The van der Waals surface area contributed by atoms with Crippen LogP contribution in [0, 0.1) is 19.8 Å². The second-order valence-corrected chi connectivity index (χ2v) is 7.72. The number of aromatic nitrogens is 2. The summed E-state index contributed by atoms with van der Waals surface area (Å²) in [5, 5.41) is 4.63. The minimum atomic E-state index is 0.0726. The van der Waals surface area contributed by atoms with Crippen LogP contribution in [0.15, 0.2) is 18.2 Å². The van der Waals surface area contributed by atoms with Gasteiger partial charge in [-0.05, 0) is 74.5 Å². The molecule has 1 aromatic carbocycles. The third kappa shape index (κ3) is 5.14. The first-order valence-electron chi connectivity index (χ1n) is 10.7. The van der Waals surface area contributed by atoms with Crippen LogP contribution in [0.1, 0.15) is 84.4 Å². The Morgan fingerprint density at radius 1 is 1.21 bits per heavy atom.